The van der Waals surface area contributed by atoms with Crippen molar-refractivity contribution in [3.05, 3.63) is 59.7 Å². The molecule has 6 heteroatoms. The molecule has 0 aliphatic carbocycles. The second-order valence-electron chi connectivity index (χ2n) is 8.43. The van der Waals surface area contributed by atoms with E-state index in [-0.39, 0.29) is 0 Å². The number of thioether (sulfide) groups is 1. The molecule has 4 aromatic rings. The third-order valence-electron chi connectivity index (χ3n) is 6.16. The van der Waals surface area contributed by atoms with Crippen LogP contribution in [0.5, 0.6) is 0 Å². The molecule has 5 nitrogen and oxygen atoms in total. The first-order valence-electron chi connectivity index (χ1n) is 11.3. The summed E-state index contributed by atoms with van der Waals surface area (Å²) in [6, 6.07) is 17.2. The third kappa shape index (κ3) is 4.60. The van der Waals surface area contributed by atoms with Gasteiger partial charge in [0.25, 0.3) is 0 Å². The lowest BCUT2D eigenvalue weighted by molar-refractivity contribution is 0.242. The van der Waals surface area contributed by atoms with Crippen molar-refractivity contribution in [2.24, 2.45) is 0 Å². The van der Waals surface area contributed by atoms with Crippen LogP contribution in [-0.2, 0) is 13.0 Å². The average Bonchev–Trinajstić information content (AvgIpc) is 3.11. The Labute approximate surface area is 187 Å². The van der Waals surface area contributed by atoms with Gasteiger partial charge in [-0.25, -0.2) is 4.98 Å². The number of fused-ring (bicyclic) bond motifs is 3. The van der Waals surface area contributed by atoms with Crippen LogP contribution in [0.1, 0.15) is 30.4 Å². The maximum atomic E-state index is 4.97. The van der Waals surface area contributed by atoms with Gasteiger partial charge in [0.05, 0.1) is 5.52 Å². The smallest absolute Gasteiger partial charge is 0.211 e. The first kappa shape index (κ1) is 20.5. The van der Waals surface area contributed by atoms with Crippen molar-refractivity contribution in [3.63, 3.8) is 0 Å². The Morgan fingerprint density at radius 1 is 0.935 bits per heavy atom. The SMILES string of the molecule is Cc1ccc2c(c1)c1nnc(SCCN3CCCCC3)nc1n2CCc1ccccc1. The fraction of sp³-hybridized carbons (Fsp3) is 0.400. The molecule has 2 aromatic carbocycles. The quantitative estimate of drug-likeness (QED) is 0.381. The maximum Gasteiger partial charge on any atom is 0.211 e. The lowest BCUT2D eigenvalue weighted by Crippen LogP contribution is -2.31. The fourth-order valence-corrected chi connectivity index (χ4v) is 5.26. The molecule has 1 saturated heterocycles. The molecule has 160 valence electrons. The Hall–Kier alpha value is -2.44. The normalized spacial score (nSPS) is 15.1. The van der Waals surface area contributed by atoms with Gasteiger partial charge in [-0.05, 0) is 57.0 Å². The zero-order valence-corrected chi connectivity index (χ0v) is 18.9. The lowest BCUT2D eigenvalue weighted by atomic mass is 10.1. The predicted octanol–water partition coefficient (Wildman–Crippen LogP) is 5.11. The number of benzene rings is 2. The van der Waals surface area contributed by atoms with Crippen LogP contribution in [-0.4, -0.2) is 50.0 Å². The van der Waals surface area contributed by atoms with Crippen molar-refractivity contribution >= 4 is 33.8 Å². The molecule has 0 saturated carbocycles. The van der Waals surface area contributed by atoms with E-state index in [9.17, 15) is 0 Å². The molecule has 3 heterocycles. The van der Waals surface area contributed by atoms with Crippen LogP contribution in [0.2, 0.25) is 0 Å². The summed E-state index contributed by atoms with van der Waals surface area (Å²) in [5.41, 5.74) is 5.62. The van der Waals surface area contributed by atoms with Gasteiger partial charge >= 0.3 is 0 Å². The van der Waals surface area contributed by atoms with Crippen LogP contribution in [0.25, 0.3) is 22.1 Å². The van der Waals surface area contributed by atoms with E-state index in [0.717, 1.165) is 47.0 Å². The Morgan fingerprint density at radius 3 is 2.61 bits per heavy atom. The monoisotopic (exact) mass is 431 g/mol. The molecular formula is C25H29N5S. The van der Waals surface area contributed by atoms with Crippen LogP contribution >= 0.6 is 11.8 Å². The number of aryl methyl sites for hydroxylation is 3. The Balaban J connectivity index is 1.41. The van der Waals surface area contributed by atoms with Gasteiger partial charge in [0, 0.05) is 24.2 Å². The van der Waals surface area contributed by atoms with Crippen LogP contribution in [0.3, 0.4) is 0 Å². The predicted molar refractivity (Wildman–Crippen MR) is 129 cm³/mol. The second kappa shape index (κ2) is 9.37. The molecular weight excluding hydrogens is 402 g/mol. The minimum absolute atomic E-state index is 0.782. The van der Waals surface area contributed by atoms with Gasteiger partial charge in [-0.15, -0.1) is 10.2 Å². The summed E-state index contributed by atoms with van der Waals surface area (Å²) in [7, 11) is 0. The van der Waals surface area contributed by atoms with Gasteiger partial charge in [0.1, 0.15) is 5.52 Å². The molecule has 0 spiro atoms. The summed E-state index contributed by atoms with van der Waals surface area (Å²) in [6.45, 7) is 6.56. The zero-order valence-electron chi connectivity index (χ0n) is 18.1. The summed E-state index contributed by atoms with van der Waals surface area (Å²) in [6.07, 6.45) is 5.00. The molecule has 0 atom stereocenters. The van der Waals surface area contributed by atoms with Gasteiger partial charge in [-0.1, -0.05) is 60.1 Å². The van der Waals surface area contributed by atoms with E-state index >= 15 is 0 Å². The van der Waals surface area contributed by atoms with Crippen LogP contribution in [0.15, 0.2) is 53.7 Å². The van der Waals surface area contributed by atoms with Gasteiger partial charge in [-0.2, -0.15) is 0 Å². The van der Waals surface area contributed by atoms with Gasteiger partial charge in [0.15, 0.2) is 5.65 Å². The number of piperidine rings is 1. The molecule has 1 aliphatic heterocycles. The highest BCUT2D eigenvalue weighted by Crippen LogP contribution is 2.28. The Bertz CT molecular complexity index is 1160. The molecule has 0 bridgehead atoms. The standard InChI is InChI=1S/C25H29N5S/c1-19-10-11-22-21(18-19)23-24(30(22)15-12-20-8-4-2-5-9-20)26-25(28-27-23)31-17-16-29-13-6-3-7-14-29/h2,4-5,8-11,18H,3,6-7,12-17H2,1H3. The molecule has 1 fully saturated rings. The summed E-state index contributed by atoms with van der Waals surface area (Å²) >= 11 is 1.73. The summed E-state index contributed by atoms with van der Waals surface area (Å²) in [5.74, 6) is 1.01. The first-order chi connectivity index (χ1) is 15.3. The highest BCUT2D eigenvalue weighted by molar-refractivity contribution is 7.99. The van der Waals surface area contributed by atoms with Gasteiger partial charge < -0.3 is 9.47 Å². The number of hydrogen-bond acceptors (Lipinski definition) is 5. The first-order valence-corrected chi connectivity index (χ1v) is 12.3. The number of likely N-dealkylation sites (tertiary alicyclic amines) is 1. The van der Waals surface area contributed by atoms with Crippen LogP contribution in [0.4, 0.5) is 0 Å². The Kier molecular flexibility index (Phi) is 6.18. The van der Waals surface area contributed by atoms with E-state index in [0.29, 0.717) is 0 Å². The number of hydrogen-bond donors (Lipinski definition) is 0. The summed E-state index contributed by atoms with van der Waals surface area (Å²) < 4.78 is 2.32. The van der Waals surface area contributed by atoms with Crippen molar-refractivity contribution in [2.45, 2.75) is 44.3 Å². The topological polar surface area (TPSA) is 46.8 Å². The molecule has 0 N–H and O–H groups in total. The van der Waals surface area contributed by atoms with E-state index in [1.165, 1.54) is 49.0 Å². The van der Waals surface area contributed by atoms with Crippen molar-refractivity contribution in [2.75, 3.05) is 25.4 Å². The highest BCUT2D eigenvalue weighted by atomic mass is 32.2. The van der Waals surface area contributed by atoms with E-state index in [2.05, 4.69) is 75.1 Å². The molecule has 31 heavy (non-hydrogen) atoms. The third-order valence-corrected chi connectivity index (χ3v) is 6.97. The van der Waals surface area contributed by atoms with Gasteiger partial charge in [-0.3, -0.25) is 0 Å². The molecule has 1 aliphatic rings. The molecule has 0 radical (unpaired) electrons. The van der Waals surface area contributed by atoms with Crippen molar-refractivity contribution in [1.82, 2.24) is 24.6 Å². The van der Waals surface area contributed by atoms with Crippen LogP contribution in [0, 0.1) is 6.92 Å². The number of nitrogens with zero attached hydrogens (tertiary/aromatic N) is 5. The average molecular weight is 432 g/mol. The van der Waals surface area contributed by atoms with Gasteiger partial charge in [0.2, 0.25) is 5.16 Å². The second-order valence-corrected chi connectivity index (χ2v) is 9.49. The lowest BCUT2D eigenvalue weighted by Gasteiger charge is -2.25. The van der Waals surface area contributed by atoms with E-state index in [1.54, 1.807) is 11.8 Å². The van der Waals surface area contributed by atoms with E-state index in [4.69, 9.17) is 4.98 Å². The fourth-order valence-electron chi connectivity index (χ4n) is 4.48. The number of aromatic nitrogens is 4. The Morgan fingerprint density at radius 2 is 1.77 bits per heavy atom. The van der Waals surface area contributed by atoms with E-state index < -0.39 is 0 Å². The van der Waals surface area contributed by atoms with Crippen molar-refractivity contribution < 1.29 is 0 Å². The van der Waals surface area contributed by atoms with E-state index in [1.807, 2.05) is 0 Å². The molecule has 2 aromatic heterocycles. The minimum Gasteiger partial charge on any atom is -0.323 e. The highest BCUT2D eigenvalue weighted by Gasteiger charge is 2.16. The molecule has 0 amide bonds. The van der Waals surface area contributed by atoms with Crippen molar-refractivity contribution in [3.8, 4) is 0 Å². The maximum absolute atomic E-state index is 4.97. The summed E-state index contributed by atoms with van der Waals surface area (Å²) in [5, 5.41) is 11.0. The number of rotatable bonds is 7. The molecule has 5 rings (SSSR count). The van der Waals surface area contributed by atoms with Crippen molar-refractivity contribution in [1.29, 1.82) is 0 Å². The minimum atomic E-state index is 0.782. The van der Waals surface area contributed by atoms with Crippen LogP contribution < -0.4 is 0 Å². The largest absolute Gasteiger partial charge is 0.323 e. The molecule has 0 unspecified atom stereocenters. The zero-order chi connectivity index (χ0) is 21.0. The summed E-state index contributed by atoms with van der Waals surface area (Å²) in [4.78, 5) is 7.53.